The van der Waals surface area contributed by atoms with E-state index in [4.69, 9.17) is 9.47 Å². The van der Waals surface area contributed by atoms with Gasteiger partial charge in [0.05, 0.1) is 19.8 Å². The van der Waals surface area contributed by atoms with Crippen LogP contribution in [-0.4, -0.2) is 44.7 Å². The summed E-state index contributed by atoms with van der Waals surface area (Å²) in [5.41, 5.74) is 2.03. The molecule has 1 aliphatic carbocycles. The van der Waals surface area contributed by atoms with E-state index in [-0.39, 0.29) is 19.0 Å². The van der Waals surface area contributed by atoms with Gasteiger partial charge in [0.2, 0.25) is 5.91 Å². The van der Waals surface area contributed by atoms with Crippen LogP contribution < -0.4 is 5.32 Å². The molecule has 1 aromatic rings. The van der Waals surface area contributed by atoms with Gasteiger partial charge in [-0.1, -0.05) is 38.1 Å². The van der Waals surface area contributed by atoms with Gasteiger partial charge in [0.1, 0.15) is 0 Å². The van der Waals surface area contributed by atoms with Crippen LogP contribution in [0.25, 0.3) is 0 Å². The Balaban J connectivity index is 0.00000253. The molecule has 0 saturated heterocycles. The fourth-order valence-electron chi connectivity index (χ4n) is 3.43. The van der Waals surface area contributed by atoms with Gasteiger partial charge >= 0.3 is 0 Å². The molecule has 1 aliphatic rings. The van der Waals surface area contributed by atoms with Crippen molar-refractivity contribution in [1.29, 1.82) is 0 Å². The van der Waals surface area contributed by atoms with Gasteiger partial charge in [-0.05, 0) is 51.0 Å². The molecule has 160 valence electrons. The molecule has 0 radical (unpaired) electrons. The molecule has 1 N–H and O–H groups in total. The largest absolute Gasteiger partial charge is 0.379 e. The molecular weight excluding hydrogens is 354 g/mol. The Morgan fingerprint density at radius 1 is 1.00 bits per heavy atom. The third kappa shape index (κ3) is 8.53. The second-order valence-electron chi connectivity index (χ2n) is 6.83. The summed E-state index contributed by atoms with van der Waals surface area (Å²) in [5, 5.41) is 2.98. The van der Waals surface area contributed by atoms with Crippen LogP contribution in [0.15, 0.2) is 24.3 Å². The maximum Gasteiger partial charge on any atom is 0.223 e. The highest BCUT2D eigenvalue weighted by Gasteiger charge is 2.26. The number of nitrogens with one attached hydrogen (secondary N) is 1. The van der Waals surface area contributed by atoms with Gasteiger partial charge in [0.25, 0.3) is 0 Å². The van der Waals surface area contributed by atoms with Gasteiger partial charge in [0, 0.05) is 26.1 Å². The number of hydrogen-bond donors (Lipinski definition) is 1. The lowest BCUT2D eigenvalue weighted by Crippen LogP contribution is -2.35. The molecule has 1 fully saturated rings. The molecular formula is C23H39NO4. The van der Waals surface area contributed by atoms with E-state index in [1.807, 2.05) is 32.9 Å². The molecule has 5 heteroatoms. The first-order valence-corrected chi connectivity index (χ1v) is 10.7. The quantitative estimate of drug-likeness (QED) is 0.466. The van der Waals surface area contributed by atoms with Crippen molar-refractivity contribution in [2.45, 2.75) is 59.3 Å². The van der Waals surface area contributed by atoms with Crippen molar-refractivity contribution in [3.8, 4) is 0 Å². The van der Waals surface area contributed by atoms with Crippen molar-refractivity contribution in [3.63, 3.8) is 0 Å². The number of rotatable bonds is 10. The van der Waals surface area contributed by atoms with E-state index in [0.717, 1.165) is 31.2 Å². The zero-order valence-corrected chi connectivity index (χ0v) is 18.0. The highest BCUT2D eigenvalue weighted by molar-refractivity contribution is 5.94. The van der Waals surface area contributed by atoms with Crippen LogP contribution >= 0.6 is 0 Å². The minimum Gasteiger partial charge on any atom is -0.379 e. The predicted molar refractivity (Wildman–Crippen MR) is 115 cm³/mol. The third-order valence-corrected chi connectivity index (χ3v) is 5.01. The van der Waals surface area contributed by atoms with Crippen LogP contribution in [0, 0.1) is 5.92 Å². The Kier molecular flexibility index (Phi) is 12.4. The molecule has 5 nitrogen and oxygen atoms in total. The average Bonchev–Trinajstić information content (AvgIpc) is 2.74. The minimum atomic E-state index is 0. The highest BCUT2D eigenvalue weighted by Crippen LogP contribution is 2.35. The molecule has 0 bridgehead atoms. The topological polar surface area (TPSA) is 64.6 Å². The Morgan fingerprint density at radius 3 is 2.18 bits per heavy atom. The first-order chi connectivity index (χ1) is 13.6. The lowest BCUT2D eigenvalue weighted by molar-refractivity contribution is -0.126. The van der Waals surface area contributed by atoms with E-state index in [0.29, 0.717) is 38.9 Å². The lowest BCUT2D eigenvalue weighted by Gasteiger charge is -2.28. The summed E-state index contributed by atoms with van der Waals surface area (Å²) >= 11 is 0. The number of ether oxygens (including phenoxy) is 2. The molecule has 28 heavy (non-hydrogen) atoms. The summed E-state index contributed by atoms with van der Waals surface area (Å²) in [6, 6.07) is 7.92. The van der Waals surface area contributed by atoms with Crippen LogP contribution in [0.4, 0.5) is 0 Å². The number of Topliss-reactive ketones (excluding diaryl/α,β-unsaturated/α-hetero) is 1. The van der Waals surface area contributed by atoms with Gasteiger partial charge in [-0.2, -0.15) is 0 Å². The maximum absolute atomic E-state index is 12.3. The Hall–Kier alpha value is -1.72. The second-order valence-corrected chi connectivity index (χ2v) is 6.83. The standard InChI is InChI=1S/C21H31NO4.C2H6.H2/c1-3-25-14-15-26-13-12-22-21(24)20-10-8-19(9-11-20)18-6-4-17(5-7-18)16(2)23;1-2;/h4-7,19-20H,3,8-15H2,1-2H3,(H,22,24);1-2H3;1H. The Morgan fingerprint density at radius 2 is 1.61 bits per heavy atom. The zero-order valence-electron chi connectivity index (χ0n) is 18.0. The monoisotopic (exact) mass is 393 g/mol. The molecule has 0 unspecified atom stereocenters. The summed E-state index contributed by atoms with van der Waals surface area (Å²) in [6.45, 7) is 10.5. The predicted octanol–water partition coefficient (Wildman–Crippen LogP) is 4.60. The van der Waals surface area contributed by atoms with Crippen LogP contribution in [0.3, 0.4) is 0 Å². The normalized spacial score (nSPS) is 18.7. The van der Waals surface area contributed by atoms with Gasteiger partial charge < -0.3 is 14.8 Å². The van der Waals surface area contributed by atoms with E-state index in [1.54, 1.807) is 6.92 Å². The van der Waals surface area contributed by atoms with Crippen molar-refractivity contribution < 1.29 is 20.5 Å². The number of carbonyl (C=O) groups is 2. The third-order valence-electron chi connectivity index (χ3n) is 5.01. The van der Waals surface area contributed by atoms with Crippen molar-refractivity contribution in [3.05, 3.63) is 35.4 Å². The summed E-state index contributed by atoms with van der Waals surface area (Å²) in [5.74, 6) is 0.829. The Bertz CT molecular complexity index is 569. The average molecular weight is 394 g/mol. The van der Waals surface area contributed by atoms with Gasteiger partial charge in [-0.25, -0.2) is 0 Å². The lowest BCUT2D eigenvalue weighted by atomic mass is 9.78. The molecule has 0 atom stereocenters. The van der Waals surface area contributed by atoms with Gasteiger partial charge in [0.15, 0.2) is 5.78 Å². The van der Waals surface area contributed by atoms with Crippen LogP contribution in [-0.2, 0) is 14.3 Å². The smallest absolute Gasteiger partial charge is 0.223 e. The maximum atomic E-state index is 12.3. The number of carbonyl (C=O) groups excluding carboxylic acids is 2. The summed E-state index contributed by atoms with van der Waals surface area (Å²) in [7, 11) is 0. The van der Waals surface area contributed by atoms with Crippen molar-refractivity contribution in [2.24, 2.45) is 5.92 Å². The fraction of sp³-hybridized carbons (Fsp3) is 0.652. The van der Waals surface area contributed by atoms with Gasteiger partial charge in [-0.3, -0.25) is 9.59 Å². The van der Waals surface area contributed by atoms with E-state index in [9.17, 15) is 9.59 Å². The van der Waals surface area contributed by atoms with Crippen molar-refractivity contribution >= 4 is 11.7 Å². The number of benzene rings is 1. The van der Waals surface area contributed by atoms with Crippen LogP contribution in [0.1, 0.15) is 76.6 Å². The first-order valence-electron chi connectivity index (χ1n) is 10.7. The van der Waals surface area contributed by atoms with Crippen molar-refractivity contribution in [1.82, 2.24) is 5.32 Å². The SMILES string of the molecule is CC.CCOCCOCCNC(=O)C1CCC(c2ccc(C(C)=O)cc2)CC1.[HH]. The molecule has 2 rings (SSSR count). The molecule has 0 heterocycles. The van der Waals surface area contributed by atoms with E-state index in [1.165, 1.54) is 5.56 Å². The van der Waals surface area contributed by atoms with Crippen LogP contribution in [0.2, 0.25) is 0 Å². The van der Waals surface area contributed by atoms with Crippen molar-refractivity contribution in [2.75, 3.05) is 33.0 Å². The molecule has 0 aliphatic heterocycles. The molecule has 0 aromatic heterocycles. The zero-order chi connectivity index (χ0) is 20.8. The summed E-state index contributed by atoms with van der Waals surface area (Å²) in [4.78, 5) is 23.6. The Labute approximate surface area is 171 Å². The van der Waals surface area contributed by atoms with Crippen LogP contribution in [0.5, 0.6) is 0 Å². The summed E-state index contributed by atoms with van der Waals surface area (Å²) < 4.78 is 10.6. The van der Waals surface area contributed by atoms with E-state index >= 15 is 0 Å². The number of ketones is 1. The molecule has 1 aromatic carbocycles. The fourth-order valence-corrected chi connectivity index (χ4v) is 3.43. The first kappa shape index (κ1) is 24.3. The molecule has 0 spiro atoms. The second kappa shape index (κ2) is 14.3. The van der Waals surface area contributed by atoms with E-state index < -0.39 is 0 Å². The number of hydrogen-bond acceptors (Lipinski definition) is 4. The highest BCUT2D eigenvalue weighted by atomic mass is 16.5. The van der Waals surface area contributed by atoms with Gasteiger partial charge in [-0.15, -0.1) is 0 Å². The molecule has 1 amide bonds. The van der Waals surface area contributed by atoms with E-state index in [2.05, 4.69) is 17.4 Å². The minimum absolute atomic E-state index is 0. The number of amides is 1. The summed E-state index contributed by atoms with van der Waals surface area (Å²) in [6.07, 6.45) is 3.86. The molecule has 1 saturated carbocycles.